The van der Waals surface area contributed by atoms with Gasteiger partial charge in [-0.1, -0.05) is 6.92 Å². The lowest BCUT2D eigenvalue weighted by Crippen LogP contribution is -2.54. The van der Waals surface area contributed by atoms with E-state index in [1.165, 1.54) is 0 Å². The number of carboxylic acid groups (broad SMARTS) is 2. The lowest BCUT2D eigenvalue weighted by Gasteiger charge is -2.39. The molecule has 36 heavy (non-hydrogen) atoms. The summed E-state index contributed by atoms with van der Waals surface area (Å²) in [6, 6.07) is 0. The molecule has 11 nitrogen and oxygen atoms in total. The van der Waals surface area contributed by atoms with Crippen LogP contribution < -0.4 is 0 Å². The molecule has 3 fully saturated rings. The van der Waals surface area contributed by atoms with Crippen LogP contribution in [0.3, 0.4) is 0 Å². The fourth-order valence-electron chi connectivity index (χ4n) is 4.27. The van der Waals surface area contributed by atoms with Gasteiger partial charge in [0.25, 0.3) is 0 Å². The van der Waals surface area contributed by atoms with E-state index >= 15 is 0 Å². The molecule has 0 aliphatic carbocycles. The highest BCUT2D eigenvalue weighted by molar-refractivity contribution is 7.90. The summed E-state index contributed by atoms with van der Waals surface area (Å²) in [5.74, 6) is -5.51. The van der Waals surface area contributed by atoms with Crippen LogP contribution >= 0.6 is 0 Å². The summed E-state index contributed by atoms with van der Waals surface area (Å²) in [6.45, 7) is 5.19. The van der Waals surface area contributed by atoms with Crippen LogP contribution in [0.15, 0.2) is 12.4 Å². The predicted molar refractivity (Wildman–Crippen MR) is 108 cm³/mol. The molecule has 1 spiro atoms. The van der Waals surface area contributed by atoms with Crippen molar-refractivity contribution in [1.29, 1.82) is 0 Å². The van der Waals surface area contributed by atoms with Crippen molar-refractivity contribution in [3.05, 3.63) is 18.0 Å². The van der Waals surface area contributed by atoms with E-state index in [4.69, 9.17) is 24.5 Å². The highest BCUT2D eigenvalue weighted by Crippen LogP contribution is 2.46. The van der Waals surface area contributed by atoms with Crippen LogP contribution in [-0.4, -0.2) is 105 Å². The van der Waals surface area contributed by atoms with Crippen LogP contribution in [0.1, 0.15) is 18.9 Å². The van der Waals surface area contributed by atoms with Crippen LogP contribution in [0.5, 0.6) is 0 Å². The number of morpholine rings is 1. The van der Waals surface area contributed by atoms with Gasteiger partial charge in [-0.05, 0) is 6.42 Å². The van der Waals surface area contributed by atoms with Gasteiger partial charge >= 0.3 is 24.3 Å². The molecule has 0 unspecified atom stereocenters. The number of carboxylic acids is 2. The molecule has 3 saturated heterocycles. The minimum absolute atomic E-state index is 0.0317. The Morgan fingerprint density at radius 1 is 1.14 bits per heavy atom. The number of aliphatic carboxylic acids is 2. The minimum Gasteiger partial charge on any atom is -0.475 e. The van der Waals surface area contributed by atoms with Crippen LogP contribution in [0.4, 0.5) is 26.3 Å². The molecular weight excluding hydrogens is 530 g/mol. The van der Waals surface area contributed by atoms with Gasteiger partial charge in [-0.25, -0.2) is 18.0 Å². The molecule has 0 saturated carbocycles. The number of rotatable bonds is 3. The normalized spacial score (nSPS) is 27.3. The fourth-order valence-corrected chi connectivity index (χ4v) is 6.59. The lowest BCUT2D eigenvalue weighted by molar-refractivity contribution is -0.193. The Morgan fingerprint density at radius 3 is 2.08 bits per heavy atom. The van der Waals surface area contributed by atoms with Crippen molar-refractivity contribution in [3.63, 3.8) is 0 Å². The second-order valence-electron chi connectivity index (χ2n) is 8.30. The number of halogens is 6. The molecule has 206 valence electrons. The zero-order valence-corrected chi connectivity index (χ0v) is 19.8. The van der Waals surface area contributed by atoms with Gasteiger partial charge in [-0.15, -0.1) is 0 Å². The standard InChI is InChI=1S/C14H22N4O3S.2C2HF3O2/c1-3-18-10-14-9-17(7-11-5-15-16(2)6-11)8-12(21-14)4-13(14)22(18,19)20;2*3-2(4,5)1(6)7/h5-6,12-13H,3-4,7-10H2,1-2H3;2*(H,6,7)/t12-,13+,14+;;/m1../s1. The first-order valence-electron chi connectivity index (χ1n) is 10.3. The van der Waals surface area contributed by atoms with Gasteiger partial charge in [-0.3, -0.25) is 9.58 Å². The van der Waals surface area contributed by atoms with Crippen molar-refractivity contribution >= 4 is 22.0 Å². The number of nitrogens with zero attached hydrogens (tertiary/aromatic N) is 4. The monoisotopic (exact) mass is 554 g/mol. The number of likely N-dealkylation sites (tertiary alicyclic amines) is 1. The number of alkyl halides is 6. The topological polar surface area (TPSA) is 142 Å². The van der Waals surface area contributed by atoms with Gasteiger partial charge in [-0.2, -0.15) is 35.7 Å². The molecule has 3 aliphatic rings. The average Bonchev–Trinajstić information content (AvgIpc) is 3.30. The van der Waals surface area contributed by atoms with E-state index in [1.807, 2.05) is 26.4 Å². The van der Waals surface area contributed by atoms with Crippen molar-refractivity contribution in [2.24, 2.45) is 7.05 Å². The maximum Gasteiger partial charge on any atom is 0.490 e. The molecule has 3 aliphatic heterocycles. The first-order chi connectivity index (χ1) is 16.3. The van der Waals surface area contributed by atoms with Gasteiger partial charge in [0.2, 0.25) is 10.0 Å². The van der Waals surface area contributed by atoms with E-state index in [2.05, 4.69) is 10.00 Å². The minimum atomic E-state index is -5.08. The molecule has 0 aromatic carbocycles. The maximum atomic E-state index is 12.6. The maximum absolute atomic E-state index is 12.6. The number of ether oxygens (including phenoxy) is 1. The fraction of sp³-hybridized carbons (Fsp3) is 0.722. The van der Waals surface area contributed by atoms with Gasteiger partial charge in [0, 0.05) is 51.5 Å². The van der Waals surface area contributed by atoms with Crippen LogP contribution in [-0.2, 0) is 37.9 Å². The zero-order chi connectivity index (χ0) is 27.7. The summed E-state index contributed by atoms with van der Waals surface area (Å²) in [7, 11) is -1.30. The quantitative estimate of drug-likeness (QED) is 0.525. The average molecular weight is 554 g/mol. The molecule has 4 rings (SSSR count). The Kier molecular flexibility index (Phi) is 8.69. The van der Waals surface area contributed by atoms with Gasteiger partial charge in [0.05, 0.1) is 12.3 Å². The molecule has 1 aromatic heterocycles. The summed E-state index contributed by atoms with van der Waals surface area (Å²) in [5.41, 5.74) is 0.616. The number of fused-ring (bicyclic) bond motifs is 1. The van der Waals surface area contributed by atoms with Gasteiger partial charge in [0.15, 0.2) is 0 Å². The Balaban J connectivity index is 0.000000271. The molecule has 0 radical (unpaired) electrons. The van der Waals surface area contributed by atoms with Crippen LogP contribution in [0, 0.1) is 0 Å². The second kappa shape index (κ2) is 10.5. The van der Waals surface area contributed by atoms with E-state index in [1.54, 1.807) is 8.99 Å². The molecule has 2 N–H and O–H groups in total. The SMILES string of the molecule is CCN1C[C@@]23CN(Cc4cnn(C)c4)C[C@@H](C[C@@H]2S1(=O)=O)O3.O=C(O)C(F)(F)F.O=C(O)C(F)(F)F. The number of carbonyl (C=O) groups is 2. The molecular formula is C18H24F6N4O7S. The summed E-state index contributed by atoms with van der Waals surface area (Å²) in [6.07, 6.45) is -5.63. The predicted octanol–water partition coefficient (Wildman–Crippen LogP) is 1.06. The van der Waals surface area contributed by atoms with Crippen LogP contribution in [0.2, 0.25) is 0 Å². The van der Waals surface area contributed by atoms with E-state index < -0.39 is 39.9 Å². The molecule has 4 heterocycles. The Hall–Kier alpha value is -2.44. The third-order valence-electron chi connectivity index (χ3n) is 5.58. The van der Waals surface area contributed by atoms with Gasteiger partial charge in [0.1, 0.15) is 10.9 Å². The van der Waals surface area contributed by atoms with Crippen LogP contribution in [0.25, 0.3) is 0 Å². The molecule has 2 bridgehead atoms. The van der Waals surface area contributed by atoms with E-state index in [9.17, 15) is 34.8 Å². The largest absolute Gasteiger partial charge is 0.490 e. The zero-order valence-electron chi connectivity index (χ0n) is 19.0. The van der Waals surface area contributed by atoms with Crippen molar-refractivity contribution < 1.29 is 59.3 Å². The number of likely N-dealkylation sites (N-methyl/N-ethyl adjacent to an activating group) is 1. The van der Waals surface area contributed by atoms with E-state index in [0.29, 0.717) is 26.1 Å². The molecule has 1 aromatic rings. The molecule has 3 atom stereocenters. The summed E-state index contributed by atoms with van der Waals surface area (Å²) in [5, 5.41) is 18.1. The smallest absolute Gasteiger partial charge is 0.475 e. The van der Waals surface area contributed by atoms with Crippen molar-refractivity contribution in [1.82, 2.24) is 19.0 Å². The Morgan fingerprint density at radius 2 is 1.67 bits per heavy atom. The number of hydrogen-bond acceptors (Lipinski definition) is 7. The van der Waals surface area contributed by atoms with E-state index in [0.717, 1.165) is 18.7 Å². The lowest BCUT2D eigenvalue weighted by atomic mass is 9.99. The summed E-state index contributed by atoms with van der Waals surface area (Å²) >= 11 is 0. The number of aromatic nitrogens is 2. The van der Waals surface area contributed by atoms with Crippen molar-refractivity contribution in [3.8, 4) is 0 Å². The van der Waals surface area contributed by atoms with E-state index in [-0.39, 0.29) is 11.4 Å². The second-order valence-corrected chi connectivity index (χ2v) is 10.4. The third kappa shape index (κ3) is 6.86. The number of sulfonamides is 1. The van der Waals surface area contributed by atoms with Crippen molar-refractivity contribution in [2.75, 3.05) is 26.2 Å². The number of hydrogen-bond donors (Lipinski definition) is 2. The highest BCUT2D eigenvalue weighted by atomic mass is 32.2. The summed E-state index contributed by atoms with van der Waals surface area (Å²) < 4.78 is 98.3. The number of aryl methyl sites for hydroxylation is 1. The molecule has 18 heteroatoms. The first-order valence-corrected chi connectivity index (χ1v) is 11.8. The highest BCUT2D eigenvalue weighted by Gasteiger charge is 2.64. The van der Waals surface area contributed by atoms with Gasteiger partial charge < -0.3 is 14.9 Å². The summed E-state index contributed by atoms with van der Waals surface area (Å²) in [4.78, 5) is 20.1. The Labute approximate surface area is 201 Å². The molecule has 0 amide bonds. The Bertz CT molecular complexity index is 1040. The third-order valence-corrected chi connectivity index (χ3v) is 8.03. The first kappa shape index (κ1) is 29.8. The van der Waals surface area contributed by atoms with Crippen molar-refractivity contribution in [2.45, 2.75) is 49.2 Å².